The van der Waals surface area contributed by atoms with Crippen LogP contribution in [0.2, 0.25) is 0 Å². The summed E-state index contributed by atoms with van der Waals surface area (Å²) in [6, 6.07) is 12.1. The standard InChI is InChI=1S/C25H27N3O3/c1-28(21-9-11-24(31-2)27-16-21)20-8-10-22-17(4-3-5-18(22)14-20)6-7-19-15-26-13-12-23(19)25(29)30/h8-17H,3-7H2,1-2H3,(H,29,30)/t17-/m0/s1. The number of aryl methyl sites for hydroxylation is 2. The molecule has 6 nitrogen and oxygen atoms in total. The minimum atomic E-state index is -0.887. The maximum atomic E-state index is 11.5. The molecule has 0 spiro atoms. The molecule has 3 aromatic rings. The first kappa shape index (κ1) is 20.8. The Bertz CT molecular complexity index is 1070. The van der Waals surface area contributed by atoms with E-state index in [0.29, 0.717) is 17.4 Å². The van der Waals surface area contributed by atoms with Crippen molar-refractivity contribution in [3.8, 4) is 5.88 Å². The van der Waals surface area contributed by atoms with Gasteiger partial charge >= 0.3 is 5.97 Å². The monoisotopic (exact) mass is 417 g/mol. The number of carbonyl (C=O) groups is 1. The third kappa shape index (κ3) is 4.53. The van der Waals surface area contributed by atoms with Gasteiger partial charge in [-0.05, 0) is 79.0 Å². The highest BCUT2D eigenvalue weighted by atomic mass is 16.5. The number of carboxylic acid groups (broad SMARTS) is 1. The van der Waals surface area contributed by atoms with Gasteiger partial charge in [0.05, 0.1) is 24.6 Å². The van der Waals surface area contributed by atoms with Gasteiger partial charge in [0.25, 0.3) is 0 Å². The molecule has 6 heteroatoms. The second kappa shape index (κ2) is 9.16. The van der Waals surface area contributed by atoms with Gasteiger partial charge in [-0.3, -0.25) is 4.98 Å². The molecular formula is C25H27N3O3. The predicted molar refractivity (Wildman–Crippen MR) is 120 cm³/mol. The van der Waals surface area contributed by atoms with E-state index in [-0.39, 0.29) is 0 Å². The Labute approximate surface area is 182 Å². The Morgan fingerprint density at radius 2 is 2.03 bits per heavy atom. The SMILES string of the molecule is COc1ccc(N(C)c2ccc3c(c2)CCC[C@H]3CCc2cnccc2C(=O)O)cn1. The summed E-state index contributed by atoms with van der Waals surface area (Å²) in [6.07, 6.45) is 10.0. The van der Waals surface area contributed by atoms with Gasteiger partial charge in [-0.1, -0.05) is 6.07 Å². The molecular weight excluding hydrogens is 390 g/mol. The fourth-order valence-electron chi connectivity index (χ4n) is 4.42. The molecule has 1 aliphatic rings. The summed E-state index contributed by atoms with van der Waals surface area (Å²) in [6.45, 7) is 0. The van der Waals surface area contributed by atoms with Crippen LogP contribution in [0.25, 0.3) is 0 Å². The average Bonchev–Trinajstić information content (AvgIpc) is 2.82. The van der Waals surface area contributed by atoms with E-state index in [1.54, 1.807) is 25.6 Å². The number of ether oxygens (including phenoxy) is 1. The first-order valence-electron chi connectivity index (χ1n) is 10.6. The number of fused-ring (bicyclic) bond motifs is 1. The summed E-state index contributed by atoms with van der Waals surface area (Å²) in [7, 11) is 3.66. The van der Waals surface area contributed by atoms with Crippen LogP contribution in [-0.2, 0) is 12.8 Å². The number of rotatable bonds is 7. The summed E-state index contributed by atoms with van der Waals surface area (Å²) < 4.78 is 5.15. The normalized spacial score (nSPS) is 15.2. The largest absolute Gasteiger partial charge is 0.481 e. The van der Waals surface area contributed by atoms with Crippen LogP contribution in [0.5, 0.6) is 5.88 Å². The number of hydrogen-bond donors (Lipinski definition) is 1. The van der Waals surface area contributed by atoms with E-state index in [1.165, 1.54) is 11.1 Å². The zero-order valence-corrected chi connectivity index (χ0v) is 17.9. The lowest BCUT2D eigenvalue weighted by molar-refractivity contribution is 0.0695. The van der Waals surface area contributed by atoms with Gasteiger partial charge in [0.2, 0.25) is 5.88 Å². The van der Waals surface area contributed by atoms with Gasteiger partial charge in [-0.2, -0.15) is 0 Å². The number of methoxy groups -OCH3 is 1. The number of aromatic nitrogens is 2. The molecule has 1 N–H and O–H groups in total. The smallest absolute Gasteiger partial charge is 0.336 e. The summed E-state index contributed by atoms with van der Waals surface area (Å²) in [5.41, 5.74) is 6.07. The van der Waals surface area contributed by atoms with Crippen LogP contribution in [0.3, 0.4) is 0 Å². The average molecular weight is 418 g/mol. The van der Waals surface area contributed by atoms with Crippen LogP contribution in [0, 0.1) is 0 Å². The highest BCUT2D eigenvalue weighted by molar-refractivity contribution is 5.89. The molecule has 0 saturated carbocycles. The summed E-state index contributed by atoms with van der Waals surface area (Å²) in [4.78, 5) is 22.0. The molecule has 2 heterocycles. The molecule has 4 rings (SSSR count). The van der Waals surface area contributed by atoms with E-state index < -0.39 is 5.97 Å². The molecule has 0 amide bonds. The highest BCUT2D eigenvalue weighted by Gasteiger charge is 2.22. The lowest BCUT2D eigenvalue weighted by atomic mass is 9.79. The number of aromatic carboxylic acids is 1. The second-order valence-electron chi connectivity index (χ2n) is 7.97. The van der Waals surface area contributed by atoms with Crippen LogP contribution < -0.4 is 9.64 Å². The number of benzene rings is 1. The topological polar surface area (TPSA) is 75.5 Å². The quantitative estimate of drug-likeness (QED) is 0.583. The van der Waals surface area contributed by atoms with Crippen molar-refractivity contribution in [1.82, 2.24) is 9.97 Å². The molecule has 1 aromatic carbocycles. The van der Waals surface area contributed by atoms with Crippen LogP contribution in [0.15, 0.2) is 55.0 Å². The van der Waals surface area contributed by atoms with Crippen molar-refractivity contribution < 1.29 is 14.6 Å². The zero-order chi connectivity index (χ0) is 21.8. The first-order valence-corrected chi connectivity index (χ1v) is 10.6. The fourth-order valence-corrected chi connectivity index (χ4v) is 4.42. The van der Waals surface area contributed by atoms with Crippen molar-refractivity contribution in [1.29, 1.82) is 0 Å². The van der Waals surface area contributed by atoms with Crippen molar-refractivity contribution in [2.24, 2.45) is 0 Å². The van der Waals surface area contributed by atoms with Crippen LogP contribution >= 0.6 is 0 Å². The van der Waals surface area contributed by atoms with Crippen molar-refractivity contribution in [3.63, 3.8) is 0 Å². The Hall–Kier alpha value is -3.41. The molecule has 31 heavy (non-hydrogen) atoms. The lowest BCUT2D eigenvalue weighted by Gasteiger charge is -2.28. The van der Waals surface area contributed by atoms with Gasteiger partial charge in [0, 0.05) is 31.2 Å². The Morgan fingerprint density at radius 1 is 1.19 bits per heavy atom. The van der Waals surface area contributed by atoms with Crippen molar-refractivity contribution in [2.75, 3.05) is 19.1 Å². The van der Waals surface area contributed by atoms with Crippen molar-refractivity contribution in [3.05, 3.63) is 77.2 Å². The van der Waals surface area contributed by atoms with Crippen molar-refractivity contribution in [2.45, 2.75) is 38.0 Å². The minimum Gasteiger partial charge on any atom is -0.481 e. The molecule has 2 aromatic heterocycles. The Kier molecular flexibility index (Phi) is 6.16. The molecule has 0 unspecified atom stereocenters. The number of carboxylic acids is 1. The van der Waals surface area contributed by atoms with Crippen LogP contribution in [0.1, 0.15) is 52.2 Å². The van der Waals surface area contributed by atoms with Gasteiger partial charge in [-0.25, -0.2) is 9.78 Å². The van der Waals surface area contributed by atoms with Gasteiger partial charge in [-0.15, -0.1) is 0 Å². The number of nitrogens with zero attached hydrogens (tertiary/aromatic N) is 3. The highest BCUT2D eigenvalue weighted by Crippen LogP contribution is 2.37. The number of hydrogen-bond acceptors (Lipinski definition) is 5. The number of anilines is 2. The lowest BCUT2D eigenvalue weighted by Crippen LogP contribution is -2.14. The summed E-state index contributed by atoms with van der Waals surface area (Å²) in [5, 5.41) is 9.42. The van der Waals surface area contributed by atoms with Gasteiger partial charge in [0.15, 0.2) is 0 Å². The Balaban J connectivity index is 1.51. The predicted octanol–water partition coefficient (Wildman–Crippen LogP) is 5.00. The molecule has 160 valence electrons. The molecule has 1 aliphatic carbocycles. The Morgan fingerprint density at radius 3 is 2.77 bits per heavy atom. The first-order chi connectivity index (χ1) is 15.1. The molecule has 0 radical (unpaired) electrons. The summed E-state index contributed by atoms with van der Waals surface area (Å²) in [5.74, 6) is 0.153. The molecule has 0 aliphatic heterocycles. The third-order valence-corrected chi connectivity index (χ3v) is 6.17. The minimum absolute atomic E-state index is 0.358. The number of pyridine rings is 2. The molecule has 0 saturated heterocycles. The van der Waals surface area contributed by atoms with Crippen LogP contribution in [-0.4, -0.2) is 35.2 Å². The zero-order valence-electron chi connectivity index (χ0n) is 17.9. The van der Waals surface area contributed by atoms with E-state index >= 15 is 0 Å². The fraction of sp³-hybridized carbons (Fsp3) is 0.320. The maximum absolute atomic E-state index is 11.5. The third-order valence-electron chi connectivity index (χ3n) is 6.17. The maximum Gasteiger partial charge on any atom is 0.336 e. The van der Waals surface area contributed by atoms with Crippen LogP contribution in [0.4, 0.5) is 11.4 Å². The van der Waals surface area contributed by atoms with E-state index in [9.17, 15) is 9.90 Å². The van der Waals surface area contributed by atoms with E-state index in [4.69, 9.17) is 4.74 Å². The molecule has 0 fully saturated rings. The molecule has 0 bridgehead atoms. The van der Waals surface area contributed by atoms with Gasteiger partial charge in [0.1, 0.15) is 0 Å². The van der Waals surface area contributed by atoms with Crippen molar-refractivity contribution >= 4 is 17.3 Å². The van der Waals surface area contributed by atoms with E-state index in [0.717, 1.165) is 49.0 Å². The van der Waals surface area contributed by atoms with E-state index in [1.807, 2.05) is 25.4 Å². The second-order valence-corrected chi connectivity index (χ2v) is 7.97. The summed E-state index contributed by atoms with van der Waals surface area (Å²) >= 11 is 0. The van der Waals surface area contributed by atoms with E-state index in [2.05, 4.69) is 33.1 Å². The van der Waals surface area contributed by atoms with Gasteiger partial charge < -0.3 is 14.7 Å². The molecule has 1 atom stereocenters.